The van der Waals surface area contributed by atoms with Crippen molar-refractivity contribution in [1.29, 1.82) is 0 Å². The molecule has 1 aliphatic heterocycles. The number of piperazine rings is 1. The van der Waals surface area contributed by atoms with E-state index in [1.807, 2.05) is 13.8 Å². The average molecular weight is 310 g/mol. The smallest absolute Gasteiger partial charge is 0.244 e. The van der Waals surface area contributed by atoms with Crippen molar-refractivity contribution in [2.45, 2.75) is 30.8 Å². The van der Waals surface area contributed by atoms with Gasteiger partial charge in [0.05, 0.1) is 6.20 Å². The van der Waals surface area contributed by atoms with Gasteiger partial charge in [-0.25, -0.2) is 12.8 Å². The number of hydrogen-bond donors (Lipinski definition) is 1. The summed E-state index contributed by atoms with van der Waals surface area (Å²) < 4.78 is 39.1. The SMILES string of the molecule is CC1CN(S(=O)(=O)c2cncc(F)c2)CC(C)N1.Cl. The second-order valence-electron chi connectivity index (χ2n) is 4.63. The van der Waals surface area contributed by atoms with Crippen LogP contribution < -0.4 is 5.32 Å². The Kier molecular flexibility index (Phi) is 5.26. The van der Waals surface area contributed by atoms with Crippen LogP contribution in [-0.4, -0.2) is 42.9 Å². The van der Waals surface area contributed by atoms with Crippen LogP contribution in [0.2, 0.25) is 0 Å². The third-order valence-corrected chi connectivity index (χ3v) is 4.64. The molecule has 2 rings (SSSR count). The van der Waals surface area contributed by atoms with Gasteiger partial charge in [0.25, 0.3) is 0 Å². The molecule has 19 heavy (non-hydrogen) atoms. The highest BCUT2D eigenvalue weighted by Gasteiger charge is 2.31. The van der Waals surface area contributed by atoms with Crippen LogP contribution in [-0.2, 0) is 10.0 Å². The van der Waals surface area contributed by atoms with E-state index in [-0.39, 0.29) is 29.4 Å². The molecule has 0 spiro atoms. The molecule has 0 radical (unpaired) electrons. The molecule has 1 N–H and O–H groups in total. The summed E-state index contributed by atoms with van der Waals surface area (Å²) >= 11 is 0. The number of hydrogen-bond acceptors (Lipinski definition) is 4. The van der Waals surface area contributed by atoms with Crippen molar-refractivity contribution in [3.8, 4) is 0 Å². The summed E-state index contributed by atoms with van der Waals surface area (Å²) in [4.78, 5) is 3.49. The highest BCUT2D eigenvalue weighted by Crippen LogP contribution is 2.18. The second-order valence-corrected chi connectivity index (χ2v) is 6.57. The molecular formula is C11H17ClFN3O2S. The van der Waals surface area contributed by atoms with Gasteiger partial charge in [0.1, 0.15) is 10.7 Å². The fourth-order valence-electron chi connectivity index (χ4n) is 2.16. The van der Waals surface area contributed by atoms with Crippen LogP contribution in [0.4, 0.5) is 4.39 Å². The lowest BCUT2D eigenvalue weighted by Gasteiger charge is -2.35. The summed E-state index contributed by atoms with van der Waals surface area (Å²) in [7, 11) is -3.66. The predicted octanol–water partition coefficient (Wildman–Crippen LogP) is 1.01. The first kappa shape index (κ1) is 16.3. The molecule has 1 aromatic heterocycles. The molecule has 2 atom stereocenters. The first-order chi connectivity index (χ1) is 8.39. The van der Waals surface area contributed by atoms with Gasteiger partial charge >= 0.3 is 0 Å². The van der Waals surface area contributed by atoms with Gasteiger partial charge in [-0.15, -0.1) is 12.4 Å². The molecule has 1 fully saturated rings. The summed E-state index contributed by atoms with van der Waals surface area (Å²) in [6.07, 6.45) is 2.16. The summed E-state index contributed by atoms with van der Waals surface area (Å²) in [5.74, 6) is -0.646. The zero-order chi connectivity index (χ0) is 13.3. The van der Waals surface area contributed by atoms with E-state index in [1.54, 1.807) is 0 Å². The molecule has 1 aliphatic rings. The number of aromatic nitrogens is 1. The van der Waals surface area contributed by atoms with Crippen LogP contribution >= 0.6 is 12.4 Å². The Morgan fingerprint density at radius 1 is 1.32 bits per heavy atom. The minimum Gasteiger partial charge on any atom is -0.309 e. The molecular weight excluding hydrogens is 293 g/mol. The molecule has 2 heterocycles. The van der Waals surface area contributed by atoms with Crippen LogP contribution in [0.15, 0.2) is 23.4 Å². The fourth-order valence-corrected chi connectivity index (χ4v) is 3.75. The summed E-state index contributed by atoms with van der Waals surface area (Å²) in [6.45, 7) is 4.59. The van der Waals surface area contributed by atoms with E-state index in [2.05, 4.69) is 10.3 Å². The van der Waals surface area contributed by atoms with E-state index < -0.39 is 15.8 Å². The Bertz CT molecular complexity index is 530. The van der Waals surface area contributed by atoms with Gasteiger partial charge < -0.3 is 5.32 Å². The lowest BCUT2D eigenvalue weighted by atomic mass is 10.2. The van der Waals surface area contributed by atoms with Crippen molar-refractivity contribution < 1.29 is 12.8 Å². The van der Waals surface area contributed by atoms with Crippen LogP contribution in [0, 0.1) is 5.82 Å². The minimum absolute atomic E-state index is 0. The third kappa shape index (κ3) is 3.62. The Hall–Kier alpha value is -0.760. The largest absolute Gasteiger partial charge is 0.309 e. The first-order valence-electron chi connectivity index (χ1n) is 5.76. The Morgan fingerprint density at radius 3 is 2.42 bits per heavy atom. The molecule has 0 saturated carbocycles. The number of sulfonamides is 1. The Morgan fingerprint density at radius 2 is 1.89 bits per heavy atom. The van der Waals surface area contributed by atoms with E-state index in [1.165, 1.54) is 10.5 Å². The quantitative estimate of drug-likeness (QED) is 0.886. The lowest BCUT2D eigenvalue weighted by molar-refractivity contribution is 0.263. The van der Waals surface area contributed by atoms with Gasteiger partial charge in [-0.2, -0.15) is 4.31 Å². The summed E-state index contributed by atoms with van der Waals surface area (Å²) in [5.41, 5.74) is 0. The number of nitrogens with one attached hydrogen (secondary N) is 1. The zero-order valence-electron chi connectivity index (χ0n) is 10.7. The van der Waals surface area contributed by atoms with E-state index in [0.717, 1.165) is 12.3 Å². The Labute approximate surface area is 118 Å². The topological polar surface area (TPSA) is 62.3 Å². The molecule has 0 amide bonds. The maximum Gasteiger partial charge on any atom is 0.244 e. The maximum atomic E-state index is 13.1. The van der Waals surface area contributed by atoms with Crippen molar-refractivity contribution in [1.82, 2.24) is 14.6 Å². The Balaban J connectivity index is 0.00000180. The standard InChI is InChI=1S/C11H16FN3O2S.ClH/c1-8-6-15(7-9(2)14-8)18(16,17)11-3-10(12)4-13-5-11;/h3-5,8-9,14H,6-7H2,1-2H3;1H. The predicted molar refractivity (Wildman–Crippen MR) is 72.3 cm³/mol. The number of nitrogens with zero attached hydrogens (tertiary/aromatic N) is 2. The molecule has 5 nitrogen and oxygen atoms in total. The van der Waals surface area contributed by atoms with Crippen LogP contribution in [0.3, 0.4) is 0 Å². The van der Waals surface area contributed by atoms with Gasteiger partial charge in [0.15, 0.2) is 0 Å². The summed E-state index contributed by atoms with van der Waals surface area (Å²) in [5, 5.41) is 3.25. The zero-order valence-corrected chi connectivity index (χ0v) is 12.3. The third-order valence-electron chi connectivity index (χ3n) is 2.84. The van der Waals surface area contributed by atoms with Crippen molar-refractivity contribution in [3.05, 3.63) is 24.3 Å². The number of pyridine rings is 1. The van der Waals surface area contributed by atoms with Crippen LogP contribution in [0.25, 0.3) is 0 Å². The van der Waals surface area contributed by atoms with E-state index in [0.29, 0.717) is 13.1 Å². The fraction of sp³-hybridized carbons (Fsp3) is 0.545. The van der Waals surface area contributed by atoms with Gasteiger partial charge in [-0.3, -0.25) is 4.98 Å². The number of halogens is 2. The number of rotatable bonds is 2. The van der Waals surface area contributed by atoms with Gasteiger partial charge in [0, 0.05) is 31.4 Å². The van der Waals surface area contributed by atoms with Crippen molar-refractivity contribution >= 4 is 22.4 Å². The van der Waals surface area contributed by atoms with Gasteiger partial charge in [-0.05, 0) is 19.9 Å². The average Bonchev–Trinajstić information content (AvgIpc) is 2.27. The van der Waals surface area contributed by atoms with Gasteiger partial charge in [-0.1, -0.05) is 0 Å². The lowest BCUT2D eigenvalue weighted by Crippen LogP contribution is -2.55. The van der Waals surface area contributed by atoms with Crippen molar-refractivity contribution in [2.75, 3.05) is 13.1 Å². The van der Waals surface area contributed by atoms with Crippen LogP contribution in [0.5, 0.6) is 0 Å². The monoisotopic (exact) mass is 309 g/mol. The highest BCUT2D eigenvalue weighted by atomic mass is 35.5. The van der Waals surface area contributed by atoms with Gasteiger partial charge in [0.2, 0.25) is 10.0 Å². The molecule has 0 bridgehead atoms. The molecule has 2 unspecified atom stereocenters. The molecule has 0 aromatic carbocycles. The second kappa shape index (κ2) is 6.13. The molecule has 8 heteroatoms. The molecule has 108 valence electrons. The first-order valence-corrected chi connectivity index (χ1v) is 7.20. The molecule has 1 aromatic rings. The molecule has 0 aliphatic carbocycles. The maximum absolute atomic E-state index is 13.1. The van der Waals surface area contributed by atoms with Crippen LogP contribution in [0.1, 0.15) is 13.8 Å². The highest BCUT2D eigenvalue weighted by molar-refractivity contribution is 7.89. The normalized spacial score (nSPS) is 24.8. The van der Waals surface area contributed by atoms with E-state index >= 15 is 0 Å². The van der Waals surface area contributed by atoms with Crippen molar-refractivity contribution in [3.63, 3.8) is 0 Å². The van der Waals surface area contributed by atoms with E-state index in [4.69, 9.17) is 0 Å². The molecule has 1 saturated heterocycles. The minimum atomic E-state index is -3.66. The van der Waals surface area contributed by atoms with Crippen molar-refractivity contribution in [2.24, 2.45) is 0 Å². The summed E-state index contributed by atoms with van der Waals surface area (Å²) in [6, 6.07) is 1.15. The van der Waals surface area contributed by atoms with E-state index in [9.17, 15) is 12.8 Å².